The fourth-order valence-corrected chi connectivity index (χ4v) is 4.57. The van der Waals surface area contributed by atoms with Gasteiger partial charge < -0.3 is 4.74 Å². The van der Waals surface area contributed by atoms with Crippen LogP contribution in [0, 0.1) is 0 Å². The number of ether oxygens (including phenoxy) is 1. The first-order valence-electron chi connectivity index (χ1n) is 10.3. The van der Waals surface area contributed by atoms with Crippen molar-refractivity contribution < 1.29 is 9.53 Å². The molecule has 0 spiro atoms. The predicted molar refractivity (Wildman–Crippen MR) is 119 cm³/mol. The van der Waals surface area contributed by atoms with Crippen LogP contribution in [0.5, 0.6) is 5.75 Å². The summed E-state index contributed by atoms with van der Waals surface area (Å²) in [5.41, 5.74) is 3.85. The smallest absolute Gasteiger partial charge is 0.409 e. The summed E-state index contributed by atoms with van der Waals surface area (Å²) in [5.74, 6) is 0.325. The molecule has 0 radical (unpaired) electrons. The number of aromatic amines is 1. The van der Waals surface area contributed by atoms with E-state index in [1.807, 2.05) is 18.2 Å². The van der Waals surface area contributed by atoms with Crippen molar-refractivity contribution in [2.75, 3.05) is 18.4 Å². The minimum Gasteiger partial charge on any atom is -0.409 e. The van der Waals surface area contributed by atoms with Crippen LogP contribution in [0.2, 0.25) is 5.02 Å². The van der Waals surface area contributed by atoms with Crippen LogP contribution in [0.15, 0.2) is 48.5 Å². The second-order valence-corrected chi connectivity index (χ2v) is 8.26. The van der Waals surface area contributed by atoms with Gasteiger partial charge in [0.2, 0.25) is 0 Å². The summed E-state index contributed by atoms with van der Waals surface area (Å²) in [5, 5.41) is 11.9. The van der Waals surface area contributed by atoms with Gasteiger partial charge in [0.1, 0.15) is 0 Å². The van der Waals surface area contributed by atoms with Crippen molar-refractivity contribution in [2.24, 2.45) is 0 Å². The number of nitrogens with one attached hydrogen (secondary N) is 2. The lowest BCUT2D eigenvalue weighted by Crippen LogP contribution is -2.41. The molecule has 1 saturated heterocycles. The lowest BCUT2D eigenvalue weighted by molar-refractivity contribution is 0.161. The number of hydrogen-bond acceptors (Lipinski definition) is 4. The minimum absolute atomic E-state index is 0.325. The van der Waals surface area contributed by atoms with Gasteiger partial charge in [-0.2, -0.15) is 5.10 Å². The Morgan fingerprint density at radius 2 is 2.13 bits per heavy atom. The summed E-state index contributed by atoms with van der Waals surface area (Å²) in [6, 6.07) is 13.2. The first-order chi connectivity index (χ1) is 14.7. The standard InChI is InChI=1S/C23H23ClN4O2/c24-19-6-1-2-7-21(19)30-23(29)25-16-8-9-20-18(14-16)22(27-26-20)15-10-12-28-11-4-3-5-17(28)13-15/h1-2,6-10,14,17H,3-5,11-13H2,(H,25,29)(H,26,27). The fourth-order valence-electron chi connectivity index (χ4n) is 4.40. The molecule has 2 N–H and O–H groups in total. The van der Waals surface area contributed by atoms with Gasteiger partial charge in [0.25, 0.3) is 0 Å². The van der Waals surface area contributed by atoms with Gasteiger partial charge in [-0.1, -0.05) is 36.2 Å². The Kier molecular flexibility index (Phi) is 5.19. The van der Waals surface area contributed by atoms with E-state index in [1.54, 1.807) is 24.3 Å². The van der Waals surface area contributed by atoms with E-state index in [9.17, 15) is 4.79 Å². The van der Waals surface area contributed by atoms with Gasteiger partial charge in [0.15, 0.2) is 5.75 Å². The zero-order valence-corrected chi connectivity index (χ0v) is 17.3. The lowest BCUT2D eigenvalue weighted by Gasteiger charge is -2.38. The molecule has 1 unspecified atom stereocenters. The van der Waals surface area contributed by atoms with E-state index in [-0.39, 0.29) is 0 Å². The summed E-state index contributed by atoms with van der Waals surface area (Å²) in [6.45, 7) is 2.17. The second kappa shape index (κ2) is 8.13. The monoisotopic (exact) mass is 422 g/mol. The fraction of sp³-hybridized carbons (Fsp3) is 0.304. The summed E-state index contributed by atoms with van der Waals surface area (Å²) in [6.07, 6.45) is 6.58. The highest BCUT2D eigenvalue weighted by molar-refractivity contribution is 6.32. The molecule has 0 aliphatic carbocycles. The van der Waals surface area contributed by atoms with Gasteiger partial charge in [-0.05, 0) is 61.7 Å². The van der Waals surface area contributed by atoms with Gasteiger partial charge in [-0.25, -0.2) is 4.79 Å². The number of para-hydroxylation sites is 1. The van der Waals surface area contributed by atoms with Gasteiger partial charge in [-0.3, -0.25) is 15.3 Å². The quantitative estimate of drug-likeness (QED) is 0.587. The molecule has 1 amide bonds. The van der Waals surface area contributed by atoms with Crippen LogP contribution in [0.1, 0.15) is 31.4 Å². The number of aromatic nitrogens is 2. The van der Waals surface area contributed by atoms with Crippen LogP contribution in [-0.4, -0.2) is 40.3 Å². The number of amides is 1. The Bertz CT molecular complexity index is 1120. The zero-order chi connectivity index (χ0) is 20.5. The number of hydrogen-bond donors (Lipinski definition) is 2. The van der Waals surface area contributed by atoms with Gasteiger partial charge in [0, 0.05) is 23.7 Å². The van der Waals surface area contributed by atoms with Crippen LogP contribution in [0.4, 0.5) is 10.5 Å². The summed E-state index contributed by atoms with van der Waals surface area (Å²) < 4.78 is 5.33. The van der Waals surface area contributed by atoms with Crippen molar-refractivity contribution in [2.45, 2.75) is 31.7 Å². The Morgan fingerprint density at radius 3 is 3.03 bits per heavy atom. The number of rotatable bonds is 3. The number of nitrogens with zero attached hydrogens (tertiary/aromatic N) is 2. The molecule has 154 valence electrons. The normalized spacial score (nSPS) is 19.2. The maximum Gasteiger partial charge on any atom is 0.417 e. The van der Waals surface area contributed by atoms with Crippen LogP contribution in [0.3, 0.4) is 0 Å². The molecule has 3 aromatic rings. The number of benzene rings is 2. The molecule has 2 aliphatic heterocycles. The van der Waals surface area contributed by atoms with E-state index in [0.29, 0.717) is 22.5 Å². The second-order valence-electron chi connectivity index (χ2n) is 7.86. The van der Waals surface area contributed by atoms with E-state index < -0.39 is 6.09 Å². The summed E-state index contributed by atoms with van der Waals surface area (Å²) >= 11 is 6.06. The van der Waals surface area contributed by atoms with Crippen molar-refractivity contribution in [3.63, 3.8) is 0 Å². The maximum absolute atomic E-state index is 12.3. The lowest BCUT2D eigenvalue weighted by atomic mass is 9.90. The SMILES string of the molecule is O=C(Nc1ccc2[nH]nc(C3=CCN4CCCCC4C3)c2c1)Oc1ccccc1Cl. The number of halogens is 1. The molecule has 2 aromatic carbocycles. The molecule has 2 aliphatic rings. The molecule has 6 nitrogen and oxygen atoms in total. The molecule has 7 heteroatoms. The number of piperidine rings is 1. The average Bonchev–Trinajstić information content (AvgIpc) is 3.18. The van der Waals surface area contributed by atoms with Gasteiger partial charge in [-0.15, -0.1) is 0 Å². The molecule has 0 bridgehead atoms. The van der Waals surface area contributed by atoms with Gasteiger partial charge >= 0.3 is 6.09 Å². The van der Waals surface area contributed by atoms with Crippen LogP contribution < -0.4 is 10.1 Å². The van der Waals surface area contributed by atoms with Crippen LogP contribution in [-0.2, 0) is 0 Å². The molecular weight excluding hydrogens is 400 g/mol. The Hall–Kier alpha value is -2.83. The highest BCUT2D eigenvalue weighted by atomic mass is 35.5. The third-order valence-corrected chi connectivity index (χ3v) is 6.24. The number of carbonyl (C=O) groups is 1. The highest BCUT2D eigenvalue weighted by Crippen LogP contribution is 2.34. The van der Waals surface area contributed by atoms with Crippen molar-refractivity contribution in [1.82, 2.24) is 15.1 Å². The van der Waals surface area contributed by atoms with Crippen molar-refractivity contribution in [3.8, 4) is 5.75 Å². The third-order valence-electron chi connectivity index (χ3n) is 5.93. The topological polar surface area (TPSA) is 70.2 Å². The summed E-state index contributed by atoms with van der Waals surface area (Å²) in [4.78, 5) is 14.9. The molecule has 30 heavy (non-hydrogen) atoms. The van der Waals surface area contributed by atoms with E-state index in [4.69, 9.17) is 16.3 Å². The summed E-state index contributed by atoms with van der Waals surface area (Å²) in [7, 11) is 0. The number of carbonyl (C=O) groups excluding carboxylic acids is 1. The minimum atomic E-state index is -0.581. The number of fused-ring (bicyclic) bond motifs is 2. The molecule has 0 saturated carbocycles. The molecular formula is C23H23ClN4O2. The average molecular weight is 423 g/mol. The number of H-pyrrole nitrogens is 1. The van der Waals surface area contributed by atoms with Gasteiger partial charge in [0.05, 0.1) is 16.2 Å². The molecule has 5 rings (SSSR count). The van der Waals surface area contributed by atoms with Crippen LogP contribution >= 0.6 is 11.6 Å². The molecule has 1 aromatic heterocycles. The van der Waals surface area contributed by atoms with Crippen molar-refractivity contribution in [3.05, 3.63) is 59.3 Å². The van der Waals surface area contributed by atoms with E-state index in [1.165, 1.54) is 31.4 Å². The van der Waals surface area contributed by atoms with Crippen LogP contribution in [0.25, 0.3) is 16.5 Å². The molecule has 1 atom stereocenters. The number of anilines is 1. The first-order valence-corrected chi connectivity index (χ1v) is 10.7. The highest BCUT2D eigenvalue weighted by Gasteiger charge is 2.27. The predicted octanol–water partition coefficient (Wildman–Crippen LogP) is 5.47. The third kappa shape index (κ3) is 3.80. The van der Waals surface area contributed by atoms with E-state index >= 15 is 0 Å². The Balaban J connectivity index is 1.36. The van der Waals surface area contributed by atoms with Crippen molar-refractivity contribution in [1.29, 1.82) is 0 Å². The molecule has 3 heterocycles. The first kappa shape index (κ1) is 19.2. The van der Waals surface area contributed by atoms with E-state index in [2.05, 4.69) is 26.5 Å². The Labute approximate surface area is 179 Å². The largest absolute Gasteiger partial charge is 0.417 e. The molecule has 1 fully saturated rings. The van der Waals surface area contributed by atoms with E-state index in [0.717, 1.165) is 29.6 Å². The maximum atomic E-state index is 12.3. The van der Waals surface area contributed by atoms with Crippen molar-refractivity contribution >= 4 is 39.9 Å². The zero-order valence-electron chi connectivity index (χ0n) is 16.5. The Morgan fingerprint density at radius 1 is 1.23 bits per heavy atom.